The molecule has 0 saturated carbocycles. The van der Waals surface area contributed by atoms with Crippen LogP contribution in [-0.2, 0) is 4.74 Å². The summed E-state index contributed by atoms with van der Waals surface area (Å²) >= 11 is 0. The maximum atomic E-state index is 13.3. The molecule has 0 aliphatic carbocycles. The molecule has 0 amide bonds. The molecule has 0 radical (unpaired) electrons. The van der Waals surface area contributed by atoms with Crippen LogP contribution in [0.25, 0.3) is 21.7 Å². The number of para-hydroxylation sites is 1. The van der Waals surface area contributed by atoms with E-state index in [1.54, 1.807) is 48.5 Å². The summed E-state index contributed by atoms with van der Waals surface area (Å²) in [5, 5.41) is 23.2. The molecule has 8 heteroatoms. The van der Waals surface area contributed by atoms with E-state index in [2.05, 4.69) is 0 Å². The van der Waals surface area contributed by atoms with Gasteiger partial charge in [-0.1, -0.05) is 61.9 Å². The number of rotatable bonds is 7. The number of carbonyl (C=O) groups is 1. The average molecular weight is 513 g/mol. The summed E-state index contributed by atoms with van der Waals surface area (Å²) in [6.45, 7) is 2.15. The van der Waals surface area contributed by atoms with E-state index in [0.29, 0.717) is 6.42 Å². The van der Waals surface area contributed by atoms with E-state index in [0.717, 1.165) is 6.42 Å². The molecule has 0 aliphatic heterocycles. The Kier molecular flexibility index (Phi) is 6.70. The summed E-state index contributed by atoms with van der Waals surface area (Å²) in [5.41, 5.74) is -1.57. The lowest BCUT2D eigenvalue weighted by Crippen LogP contribution is -2.20. The number of aromatic hydroxyl groups is 2. The van der Waals surface area contributed by atoms with Crippen molar-refractivity contribution in [1.29, 1.82) is 0 Å². The number of unbranched alkanes of at least 4 members (excludes halogenated alkanes) is 1. The van der Waals surface area contributed by atoms with Gasteiger partial charge in [0.25, 0.3) is 0 Å². The van der Waals surface area contributed by atoms with E-state index in [1.165, 1.54) is 24.3 Å². The largest absolute Gasteiger partial charge is 0.507 e. The first-order chi connectivity index (χ1) is 18.4. The molecule has 0 saturated heterocycles. The number of hydrogen-bond donors (Lipinski definition) is 2. The van der Waals surface area contributed by atoms with Crippen LogP contribution in [0.5, 0.6) is 11.5 Å². The first kappa shape index (κ1) is 24.8. The van der Waals surface area contributed by atoms with Crippen LogP contribution in [0.1, 0.15) is 52.9 Å². The Hall–Kier alpha value is -4.85. The highest BCUT2D eigenvalue weighted by molar-refractivity contribution is 5.93. The molecule has 2 aromatic heterocycles. The summed E-state index contributed by atoms with van der Waals surface area (Å²) < 4.78 is 16.5. The predicted octanol–water partition coefficient (Wildman–Crippen LogP) is 5.45. The second-order valence-corrected chi connectivity index (χ2v) is 8.81. The fourth-order valence-electron chi connectivity index (χ4n) is 4.55. The second-order valence-electron chi connectivity index (χ2n) is 8.81. The molecule has 0 bridgehead atoms. The minimum Gasteiger partial charge on any atom is -0.507 e. The zero-order chi connectivity index (χ0) is 26.8. The van der Waals surface area contributed by atoms with Gasteiger partial charge in [-0.25, -0.2) is 14.4 Å². The van der Waals surface area contributed by atoms with E-state index in [9.17, 15) is 24.6 Å². The highest BCUT2D eigenvalue weighted by atomic mass is 16.5. The fraction of sp³-hybridized carbons (Fsp3) is 0.167. The topological polar surface area (TPSA) is 127 Å². The van der Waals surface area contributed by atoms with E-state index in [-0.39, 0.29) is 50.8 Å². The van der Waals surface area contributed by atoms with Crippen LogP contribution in [0, 0.1) is 0 Å². The Morgan fingerprint density at radius 3 is 2.24 bits per heavy atom. The molecule has 2 heterocycles. The van der Waals surface area contributed by atoms with Gasteiger partial charge in [0.15, 0.2) is 11.5 Å². The van der Waals surface area contributed by atoms with E-state index >= 15 is 0 Å². The van der Waals surface area contributed by atoms with Crippen LogP contribution >= 0.6 is 0 Å². The van der Waals surface area contributed by atoms with Gasteiger partial charge < -0.3 is 23.8 Å². The molecule has 5 rings (SSSR count). The van der Waals surface area contributed by atoms with Crippen molar-refractivity contribution in [2.75, 3.05) is 6.61 Å². The van der Waals surface area contributed by atoms with Crippen molar-refractivity contribution in [3.8, 4) is 11.5 Å². The molecule has 3 aromatic carbocycles. The van der Waals surface area contributed by atoms with E-state index < -0.39 is 34.6 Å². The minimum atomic E-state index is -1.39. The zero-order valence-electron chi connectivity index (χ0n) is 20.5. The quantitative estimate of drug-likeness (QED) is 0.167. The molecular formula is C30H24O8. The monoisotopic (exact) mass is 512 g/mol. The van der Waals surface area contributed by atoms with Gasteiger partial charge in [0.05, 0.1) is 34.4 Å². The SMILES string of the molecule is CCCCOC(=O)c1ccccc1C(c1oc(=O)c2ccccc2c1O)c1c(O)c2ccccc2oc1=O. The molecule has 1 unspecified atom stereocenters. The molecule has 0 fully saturated rings. The molecular weight excluding hydrogens is 488 g/mol. The van der Waals surface area contributed by atoms with E-state index in [4.69, 9.17) is 13.6 Å². The lowest BCUT2D eigenvalue weighted by atomic mass is 9.85. The summed E-state index contributed by atoms with van der Waals surface area (Å²) in [7, 11) is 0. The number of ether oxygens (including phenoxy) is 1. The molecule has 5 aromatic rings. The molecule has 2 N–H and O–H groups in total. The Labute approximate surface area is 216 Å². The summed E-state index contributed by atoms with van der Waals surface area (Å²) in [6, 6.07) is 19.0. The lowest BCUT2D eigenvalue weighted by Gasteiger charge is -2.21. The maximum absolute atomic E-state index is 13.3. The highest BCUT2D eigenvalue weighted by Gasteiger charge is 2.34. The fourth-order valence-corrected chi connectivity index (χ4v) is 4.55. The number of hydrogen-bond acceptors (Lipinski definition) is 8. The standard InChI is InChI=1S/C30H24O8/c1-2-3-16-36-28(33)19-12-6-4-10-17(19)23(24-25(31)21-14-8-9-15-22(21)37-30(24)35)27-26(32)18-11-5-7-13-20(18)29(34)38-27/h4-15,23,31-32H,2-3,16H2,1H3. The third-order valence-electron chi connectivity index (χ3n) is 6.43. The Bertz CT molecular complexity index is 1780. The first-order valence-corrected chi connectivity index (χ1v) is 12.2. The third-order valence-corrected chi connectivity index (χ3v) is 6.43. The highest BCUT2D eigenvalue weighted by Crippen LogP contribution is 2.43. The molecule has 0 spiro atoms. The van der Waals surface area contributed by atoms with Crippen LogP contribution in [-0.4, -0.2) is 22.8 Å². The minimum absolute atomic E-state index is 0.0794. The van der Waals surface area contributed by atoms with Crippen LogP contribution in [0.2, 0.25) is 0 Å². The predicted molar refractivity (Wildman–Crippen MR) is 141 cm³/mol. The molecule has 8 nitrogen and oxygen atoms in total. The average Bonchev–Trinajstić information content (AvgIpc) is 2.93. The number of carbonyl (C=O) groups excluding carboxylic acids is 1. The van der Waals surface area contributed by atoms with Crippen LogP contribution < -0.4 is 11.3 Å². The zero-order valence-corrected chi connectivity index (χ0v) is 20.5. The van der Waals surface area contributed by atoms with Gasteiger partial charge in [0.2, 0.25) is 0 Å². The van der Waals surface area contributed by atoms with Crippen LogP contribution in [0.3, 0.4) is 0 Å². The Morgan fingerprint density at radius 2 is 1.47 bits per heavy atom. The normalized spacial score (nSPS) is 12.0. The molecule has 0 aliphatic rings. The van der Waals surface area contributed by atoms with Crippen molar-refractivity contribution in [2.45, 2.75) is 25.7 Å². The van der Waals surface area contributed by atoms with Gasteiger partial charge in [-0.05, 0) is 36.2 Å². The molecule has 192 valence electrons. The summed E-state index contributed by atoms with van der Waals surface area (Å²) in [5.74, 6) is -3.20. The van der Waals surface area contributed by atoms with Gasteiger partial charge in [0, 0.05) is 5.39 Å². The second kappa shape index (κ2) is 10.3. The summed E-state index contributed by atoms with van der Waals surface area (Å²) in [4.78, 5) is 39.4. The van der Waals surface area contributed by atoms with Crippen LogP contribution in [0.4, 0.5) is 0 Å². The van der Waals surface area contributed by atoms with Gasteiger partial charge in [-0.3, -0.25) is 0 Å². The van der Waals surface area contributed by atoms with Crippen LogP contribution in [0.15, 0.2) is 91.2 Å². The van der Waals surface area contributed by atoms with E-state index in [1.807, 2.05) is 6.92 Å². The molecule has 38 heavy (non-hydrogen) atoms. The maximum Gasteiger partial charge on any atom is 0.344 e. The number of fused-ring (bicyclic) bond motifs is 2. The van der Waals surface area contributed by atoms with Crippen molar-refractivity contribution in [3.05, 3.63) is 116 Å². The van der Waals surface area contributed by atoms with Gasteiger partial charge in [-0.15, -0.1) is 0 Å². The van der Waals surface area contributed by atoms with Crippen molar-refractivity contribution in [2.24, 2.45) is 0 Å². The first-order valence-electron chi connectivity index (χ1n) is 12.2. The Morgan fingerprint density at radius 1 is 0.816 bits per heavy atom. The van der Waals surface area contributed by atoms with Crippen molar-refractivity contribution < 1.29 is 28.6 Å². The lowest BCUT2D eigenvalue weighted by molar-refractivity contribution is 0.0498. The van der Waals surface area contributed by atoms with Gasteiger partial charge in [-0.2, -0.15) is 0 Å². The van der Waals surface area contributed by atoms with Crippen molar-refractivity contribution >= 4 is 27.7 Å². The van der Waals surface area contributed by atoms with Gasteiger partial charge >= 0.3 is 17.2 Å². The van der Waals surface area contributed by atoms with Crippen molar-refractivity contribution in [3.63, 3.8) is 0 Å². The third kappa shape index (κ3) is 4.30. The Balaban J connectivity index is 1.84. The van der Waals surface area contributed by atoms with Crippen molar-refractivity contribution in [1.82, 2.24) is 0 Å². The smallest absolute Gasteiger partial charge is 0.344 e. The molecule has 1 atom stereocenters. The number of esters is 1. The number of benzene rings is 3. The van der Waals surface area contributed by atoms with Gasteiger partial charge in [0.1, 0.15) is 11.3 Å². The summed E-state index contributed by atoms with van der Waals surface area (Å²) in [6.07, 6.45) is 1.48.